The van der Waals surface area contributed by atoms with Crippen molar-refractivity contribution in [1.82, 2.24) is 5.43 Å². The molecular formula is C6H10N2O3S. The molecule has 0 aromatic rings. The number of rotatable bonds is 6. The van der Waals surface area contributed by atoms with Gasteiger partial charge in [-0.15, -0.1) is 0 Å². The highest BCUT2D eigenvalue weighted by atomic mass is 32.2. The maximum atomic E-state index is 10.4. The van der Waals surface area contributed by atoms with E-state index in [4.69, 9.17) is 5.11 Å². The topological polar surface area (TPSA) is 78.8 Å². The standard InChI is InChI=1S/C6H10N2O3S/c1-12-3-2-5(6(10)11)8-7-4-9/h5,8H,2-3H2,1H3,(H,10,11). The minimum absolute atomic E-state index is 0.432. The predicted molar refractivity (Wildman–Crippen MR) is 45.7 cm³/mol. The van der Waals surface area contributed by atoms with Crippen molar-refractivity contribution in [3.05, 3.63) is 0 Å². The molecule has 0 aromatic carbocycles. The quantitative estimate of drug-likeness (QED) is 0.351. The lowest BCUT2D eigenvalue weighted by Gasteiger charge is -2.08. The highest BCUT2D eigenvalue weighted by molar-refractivity contribution is 7.98. The number of carboxylic acids is 1. The number of nitrogens with one attached hydrogen (secondary N) is 1. The lowest BCUT2D eigenvalue weighted by Crippen LogP contribution is -2.33. The molecule has 0 saturated heterocycles. The first-order chi connectivity index (χ1) is 5.72. The third-order valence-electron chi connectivity index (χ3n) is 1.17. The molecule has 5 nitrogen and oxygen atoms in total. The van der Waals surface area contributed by atoms with E-state index in [0.717, 1.165) is 0 Å². The van der Waals surface area contributed by atoms with Gasteiger partial charge >= 0.3 is 5.97 Å². The fourth-order valence-corrected chi connectivity index (χ4v) is 1.05. The number of carbonyl (C=O) groups excluding carboxylic acids is 1. The van der Waals surface area contributed by atoms with Crippen LogP contribution < -0.4 is 5.43 Å². The van der Waals surface area contributed by atoms with Crippen molar-refractivity contribution >= 4 is 23.8 Å². The van der Waals surface area contributed by atoms with E-state index in [1.165, 1.54) is 17.8 Å². The number of nitrogens with zero attached hydrogens (tertiary/aromatic N) is 1. The summed E-state index contributed by atoms with van der Waals surface area (Å²) in [5.74, 6) is -0.304. The van der Waals surface area contributed by atoms with Crippen molar-refractivity contribution in [3.8, 4) is 0 Å². The van der Waals surface area contributed by atoms with Gasteiger partial charge in [-0.3, -0.25) is 5.43 Å². The first kappa shape index (κ1) is 11.0. The van der Waals surface area contributed by atoms with Crippen molar-refractivity contribution in [1.29, 1.82) is 0 Å². The van der Waals surface area contributed by atoms with Gasteiger partial charge in [0.2, 0.25) is 0 Å². The van der Waals surface area contributed by atoms with Crippen LogP contribution in [0.1, 0.15) is 6.42 Å². The highest BCUT2D eigenvalue weighted by Crippen LogP contribution is 2.00. The maximum absolute atomic E-state index is 10.4. The van der Waals surface area contributed by atoms with Crippen LogP contribution in [0.4, 0.5) is 0 Å². The van der Waals surface area contributed by atoms with E-state index in [0.29, 0.717) is 12.2 Å². The van der Waals surface area contributed by atoms with Crippen molar-refractivity contribution in [2.24, 2.45) is 5.10 Å². The van der Waals surface area contributed by atoms with E-state index >= 15 is 0 Å². The Kier molecular flexibility index (Phi) is 6.14. The van der Waals surface area contributed by atoms with E-state index < -0.39 is 12.0 Å². The number of hydrogen-bond acceptors (Lipinski definition) is 5. The highest BCUT2D eigenvalue weighted by Gasteiger charge is 2.14. The summed E-state index contributed by atoms with van der Waals surface area (Å²) in [6.07, 6.45) is 3.53. The Bertz CT molecular complexity index is 191. The summed E-state index contributed by atoms with van der Waals surface area (Å²) in [4.78, 5) is 20.1. The molecule has 0 bridgehead atoms. The minimum Gasteiger partial charge on any atom is -0.480 e. The van der Waals surface area contributed by atoms with Gasteiger partial charge in [-0.05, 0) is 18.4 Å². The molecule has 1 atom stereocenters. The lowest BCUT2D eigenvalue weighted by molar-refractivity contribution is -0.139. The first-order valence-corrected chi connectivity index (χ1v) is 4.66. The van der Waals surface area contributed by atoms with Gasteiger partial charge in [0, 0.05) is 0 Å². The summed E-state index contributed by atoms with van der Waals surface area (Å²) in [6.45, 7) is 0. The van der Waals surface area contributed by atoms with E-state index in [2.05, 4.69) is 10.5 Å². The molecule has 0 fully saturated rings. The maximum Gasteiger partial charge on any atom is 0.327 e. The van der Waals surface area contributed by atoms with Gasteiger partial charge in [0.05, 0.1) is 0 Å². The Morgan fingerprint density at radius 1 is 1.83 bits per heavy atom. The zero-order valence-corrected chi connectivity index (χ0v) is 7.43. The van der Waals surface area contributed by atoms with Gasteiger partial charge in [0.1, 0.15) is 6.04 Å². The molecule has 0 aliphatic carbocycles. The van der Waals surface area contributed by atoms with E-state index in [1.54, 1.807) is 0 Å². The first-order valence-electron chi connectivity index (χ1n) is 3.26. The Labute approximate surface area is 74.2 Å². The summed E-state index contributed by atoms with van der Waals surface area (Å²) in [6, 6.07) is -0.793. The van der Waals surface area contributed by atoms with Crippen LogP contribution in [0.5, 0.6) is 0 Å². The van der Waals surface area contributed by atoms with Gasteiger partial charge in [-0.1, -0.05) is 5.10 Å². The average Bonchev–Trinajstić information content (AvgIpc) is 2.04. The molecule has 0 spiro atoms. The predicted octanol–water partition coefficient (Wildman–Crippen LogP) is 0.0331. The molecular weight excluding hydrogens is 180 g/mol. The molecule has 12 heavy (non-hydrogen) atoms. The zero-order chi connectivity index (χ0) is 9.40. The SMILES string of the molecule is CSCCC(NN=C=O)C(=O)O. The van der Waals surface area contributed by atoms with Crippen LogP contribution in [0.2, 0.25) is 0 Å². The molecule has 68 valence electrons. The number of carboxylic acid groups (broad SMARTS) is 1. The van der Waals surface area contributed by atoms with Gasteiger partial charge in [-0.25, -0.2) is 9.59 Å². The molecule has 0 heterocycles. The zero-order valence-electron chi connectivity index (χ0n) is 6.61. The third kappa shape index (κ3) is 4.76. The van der Waals surface area contributed by atoms with Crippen molar-refractivity contribution < 1.29 is 14.7 Å². The molecule has 0 aliphatic rings. The Balaban J connectivity index is 3.86. The Morgan fingerprint density at radius 2 is 2.50 bits per heavy atom. The fourth-order valence-electron chi connectivity index (χ4n) is 0.583. The molecule has 6 heteroatoms. The number of hydrogen-bond donors (Lipinski definition) is 2. The fraction of sp³-hybridized carbons (Fsp3) is 0.667. The van der Waals surface area contributed by atoms with Crippen molar-refractivity contribution in [3.63, 3.8) is 0 Å². The number of aliphatic carboxylic acids is 1. The van der Waals surface area contributed by atoms with E-state index in [1.807, 2.05) is 6.26 Å². The van der Waals surface area contributed by atoms with Crippen LogP contribution in [0.3, 0.4) is 0 Å². The van der Waals surface area contributed by atoms with Crippen LogP contribution in [-0.4, -0.2) is 35.2 Å². The smallest absolute Gasteiger partial charge is 0.327 e. The normalized spacial score (nSPS) is 11.4. The number of hydrazone groups is 1. The monoisotopic (exact) mass is 190 g/mol. The average molecular weight is 190 g/mol. The summed E-state index contributed by atoms with van der Waals surface area (Å²) in [5, 5.41) is 11.6. The summed E-state index contributed by atoms with van der Waals surface area (Å²) in [7, 11) is 0. The molecule has 0 aromatic heterocycles. The molecule has 0 radical (unpaired) electrons. The summed E-state index contributed by atoms with van der Waals surface area (Å²) < 4.78 is 0. The van der Waals surface area contributed by atoms with Gasteiger partial charge in [0.25, 0.3) is 6.08 Å². The van der Waals surface area contributed by atoms with Crippen LogP contribution >= 0.6 is 11.8 Å². The molecule has 0 rings (SSSR count). The summed E-state index contributed by atoms with van der Waals surface area (Å²) >= 11 is 1.54. The van der Waals surface area contributed by atoms with Crippen molar-refractivity contribution in [2.75, 3.05) is 12.0 Å². The third-order valence-corrected chi connectivity index (χ3v) is 1.82. The number of isocyanates is 1. The second-order valence-electron chi connectivity index (χ2n) is 2.00. The van der Waals surface area contributed by atoms with Crippen LogP contribution in [0.15, 0.2) is 5.10 Å². The molecule has 0 amide bonds. The van der Waals surface area contributed by atoms with E-state index in [9.17, 15) is 9.59 Å². The Hall–Kier alpha value is -1.00. The van der Waals surface area contributed by atoms with Crippen molar-refractivity contribution in [2.45, 2.75) is 12.5 Å². The second-order valence-corrected chi connectivity index (χ2v) is 2.99. The number of carbonyl (C=O) groups is 1. The van der Waals surface area contributed by atoms with E-state index in [-0.39, 0.29) is 0 Å². The lowest BCUT2D eigenvalue weighted by atomic mass is 10.2. The Morgan fingerprint density at radius 3 is 2.92 bits per heavy atom. The summed E-state index contributed by atoms with van der Waals surface area (Å²) in [5.41, 5.74) is 2.19. The molecule has 0 aliphatic heterocycles. The molecule has 2 N–H and O–H groups in total. The van der Waals surface area contributed by atoms with Crippen LogP contribution in [-0.2, 0) is 9.59 Å². The van der Waals surface area contributed by atoms with Crippen LogP contribution in [0.25, 0.3) is 0 Å². The minimum atomic E-state index is -1.01. The van der Waals surface area contributed by atoms with Gasteiger partial charge in [0.15, 0.2) is 0 Å². The number of thioether (sulfide) groups is 1. The van der Waals surface area contributed by atoms with Gasteiger partial charge in [-0.2, -0.15) is 11.8 Å². The second kappa shape index (κ2) is 6.69. The molecule has 1 unspecified atom stereocenters. The largest absolute Gasteiger partial charge is 0.480 e. The molecule has 0 saturated carbocycles. The van der Waals surface area contributed by atoms with Crippen LogP contribution in [0, 0.1) is 0 Å². The van der Waals surface area contributed by atoms with Gasteiger partial charge < -0.3 is 5.11 Å².